The molecule has 1 aromatic rings. The van der Waals surface area contributed by atoms with Crippen LogP contribution in [0.25, 0.3) is 0 Å². The van der Waals surface area contributed by atoms with Crippen molar-refractivity contribution in [2.75, 3.05) is 25.1 Å². The van der Waals surface area contributed by atoms with E-state index in [4.69, 9.17) is 5.11 Å². The summed E-state index contributed by atoms with van der Waals surface area (Å²) in [5.41, 5.74) is 0. The van der Waals surface area contributed by atoms with Crippen molar-refractivity contribution in [1.29, 1.82) is 0 Å². The van der Waals surface area contributed by atoms with Crippen molar-refractivity contribution in [2.45, 2.75) is 12.8 Å². The number of hydrogen-bond acceptors (Lipinski definition) is 3. The summed E-state index contributed by atoms with van der Waals surface area (Å²) >= 11 is 3.37. The Hall–Kier alpha value is -0.550. The molecule has 0 saturated carbocycles. The number of nitrogens with zero attached hydrogens (tertiary/aromatic N) is 3. The van der Waals surface area contributed by atoms with Crippen molar-refractivity contribution in [2.24, 2.45) is 7.05 Å². The molecule has 1 aliphatic rings. The van der Waals surface area contributed by atoms with Gasteiger partial charge in [0.2, 0.25) is 0 Å². The van der Waals surface area contributed by atoms with E-state index in [1.807, 2.05) is 11.7 Å². The fourth-order valence-electron chi connectivity index (χ4n) is 1.67. The average molecular weight is 262 g/mol. The molecule has 4 nitrogen and oxygen atoms in total. The SMILES string of the molecule is CO.Cn1nc(Br)cc1N1CCCC1. The van der Waals surface area contributed by atoms with Gasteiger partial charge in [0.25, 0.3) is 0 Å². The smallest absolute Gasteiger partial charge is 0.130 e. The molecular weight excluding hydrogens is 246 g/mol. The van der Waals surface area contributed by atoms with E-state index in [-0.39, 0.29) is 0 Å². The minimum absolute atomic E-state index is 0.923. The van der Waals surface area contributed by atoms with Gasteiger partial charge < -0.3 is 10.0 Å². The Kier molecular flexibility index (Phi) is 4.41. The first-order chi connectivity index (χ1) is 6.77. The molecule has 0 spiro atoms. The Morgan fingerprint density at radius 1 is 1.36 bits per heavy atom. The molecule has 0 aromatic carbocycles. The van der Waals surface area contributed by atoms with Crippen molar-refractivity contribution < 1.29 is 5.11 Å². The second-order valence-corrected chi connectivity index (χ2v) is 3.96. The first-order valence-corrected chi connectivity index (χ1v) is 5.46. The van der Waals surface area contributed by atoms with Crippen molar-refractivity contribution in [1.82, 2.24) is 9.78 Å². The van der Waals surface area contributed by atoms with Gasteiger partial charge in [0.05, 0.1) is 0 Å². The molecule has 5 heteroatoms. The van der Waals surface area contributed by atoms with Crippen LogP contribution < -0.4 is 4.90 Å². The molecule has 0 amide bonds. The lowest BCUT2D eigenvalue weighted by Crippen LogP contribution is -2.20. The van der Waals surface area contributed by atoms with E-state index in [0.29, 0.717) is 0 Å². The monoisotopic (exact) mass is 261 g/mol. The Bertz CT molecular complexity index is 282. The zero-order chi connectivity index (χ0) is 10.6. The molecule has 80 valence electrons. The molecule has 0 atom stereocenters. The lowest BCUT2D eigenvalue weighted by molar-refractivity contribution is 0.399. The number of rotatable bonds is 1. The van der Waals surface area contributed by atoms with E-state index in [9.17, 15) is 0 Å². The molecule has 1 saturated heterocycles. The number of halogens is 1. The Morgan fingerprint density at radius 3 is 2.36 bits per heavy atom. The van der Waals surface area contributed by atoms with Crippen molar-refractivity contribution >= 4 is 21.7 Å². The predicted octanol–water partition coefficient (Wildman–Crippen LogP) is 1.39. The average Bonchev–Trinajstić information content (AvgIpc) is 2.78. The molecule has 14 heavy (non-hydrogen) atoms. The van der Waals surface area contributed by atoms with Crippen molar-refractivity contribution in [3.63, 3.8) is 0 Å². The van der Waals surface area contributed by atoms with Gasteiger partial charge in [0, 0.05) is 33.3 Å². The molecule has 0 radical (unpaired) electrons. The molecule has 2 rings (SSSR count). The number of aromatic nitrogens is 2. The van der Waals surface area contributed by atoms with Gasteiger partial charge in [-0.2, -0.15) is 5.10 Å². The third-order valence-corrected chi connectivity index (χ3v) is 2.64. The summed E-state index contributed by atoms with van der Waals surface area (Å²) in [6, 6.07) is 2.07. The minimum Gasteiger partial charge on any atom is -0.400 e. The van der Waals surface area contributed by atoms with Gasteiger partial charge in [-0.15, -0.1) is 0 Å². The standard InChI is InChI=1S/C8H12BrN3.CH4O/c1-11-8(6-7(9)10-11)12-4-2-3-5-12;1-2/h6H,2-5H2,1H3;2H,1H3. The highest BCUT2D eigenvalue weighted by molar-refractivity contribution is 9.10. The summed E-state index contributed by atoms with van der Waals surface area (Å²) in [5.74, 6) is 1.22. The van der Waals surface area contributed by atoms with E-state index in [0.717, 1.165) is 11.7 Å². The molecule has 0 bridgehead atoms. The fourth-order valence-corrected chi connectivity index (χ4v) is 2.11. The maximum absolute atomic E-state index is 7.00. The third-order valence-electron chi connectivity index (χ3n) is 2.26. The lowest BCUT2D eigenvalue weighted by Gasteiger charge is -2.16. The summed E-state index contributed by atoms with van der Waals surface area (Å²) in [6.07, 6.45) is 2.62. The van der Waals surface area contributed by atoms with Crippen LogP contribution in [0.4, 0.5) is 5.82 Å². The van der Waals surface area contributed by atoms with Crippen LogP contribution in [0.1, 0.15) is 12.8 Å². The number of hydrogen-bond donors (Lipinski definition) is 1. The zero-order valence-corrected chi connectivity index (χ0v) is 10.2. The van der Waals surface area contributed by atoms with Crippen LogP contribution in [0, 0.1) is 0 Å². The lowest BCUT2D eigenvalue weighted by atomic mass is 10.4. The van der Waals surface area contributed by atoms with Crippen LogP contribution >= 0.6 is 15.9 Å². The predicted molar refractivity (Wildman–Crippen MR) is 60.5 cm³/mol. The molecule has 1 aromatic heterocycles. The number of aliphatic hydroxyl groups excluding tert-OH is 1. The fraction of sp³-hybridized carbons (Fsp3) is 0.667. The molecule has 0 aliphatic carbocycles. The topological polar surface area (TPSA) is 41.3 Å². The Labute approximate surface area is 92.6 Å². The van der Waals surface area contributed by atoms with Crippen LogP contribution in [0.5, 0.6) is 0 Å². The van der Waals surface area contributed by atoms with E-state index >= 15 is 0 Å². The van der Waals surface area contributed by atoms with Crippen molar-refractivity contribution in [3.05, 3.63) is 10.7 Å². The third kappa shape index (κ3) is 2.48. The van der Waals surface area contributed by atoms with Gasteiger partial charge in [-0.3, -0.25) is 4.68 Å². The highest BCUT2D eigenvalue weighted by Crippen LogP contribution is 2.22. The second-order valence-electron chi connectivity index (χ2n) is 3.14. The molecular formula is C9H16BrN3O. The quantitative estimate of drug-likeness (QED) is 0.831. The first-order valence-electron chi connectivity index (χ1n) is 4.66. The van der Waals surface area contributed by atoms with Crippen LogP contribution in [0.3, 0.4) is 0 Å². The first kappa shape index (κ1) is 11.5. The number of aryl methyl sites for hydroxylation is 1. The molecule has 1 fully saturated rings. The van der Waals surface area contributed by atoms with Gasteiger partial charge in [-0.05, 0) is 28.8 Å². The van der Waals surface area contributed by atoms with Crippen LogP contribution in [-0.4, -0.2) is 35.1 Å². The summed E-state index contributed by atoms with van der Waals surface area (Å²) in [7, 11) is 2.98. The van der Waals surface area contributed by atoms with Crippen LogP contribution in [-0.2, 0) is 7.05 Å². The van der Waals surface area contributed by atoms with E-state index in [2.05, 4.69) is 32.0 Å². The van der Waals surface area contributed by atoms with Gasteiger partial charge in [0.1, 0.15) is 10.4 Å². The molecule has 0 unspecified atom stereocenters. The van der Waals surface area contributed by atoms with Crippen LogP contribution in [0.15, 0.2) is 10.7 Å². The van der Waals surface area contributed by atoms with Gasteiger partial charge in [0.15, 0.2) is 0 Å². The summed E-state index contributed by atoms with van der Waals surface area (Å²) < 4.78 is 2.85. The normalized spacial score (nSPS) is 15.3. The number of anilines is 1. The van der Waals surface area contributed by atoms with Crippen molar-refractivity contribution in [3.8, 4) is 0 Å². The van der Waals surface area contributed by atoms with Gasteiger partial charge >= 0.3 is 0 Å². The Balaban J connectivity index is 0.000000461. The second kappa shape index (κ2) is 5.36. The van der Waals surface area contributed by atoms with E-state index < -0.39 is 0 Å². The largest absolute Gasteiger partial charge is 0.400 e. The van der Waals surface area contributed by atoms with Gasteiger partial charge in [-0.1, -0.05) is 0 Å². The minimum atomic E-state index is 0.923. The summed E-state index contributed by atoms with van der Waals surface area (Å²) in [6.45, 7) is 2.35. The maximum atomic E-state index is 7.00. The summed E-state index contributed by atoms with van der Waals surface area (Å²) in [4.78, 5) is 2.37. The Morgan fingerprint density at radius 2 is 1.93 bits per heavy atom. The summed E-state index contributed by atoms with van der Waals surface area (Å²) in [5, 5.41) is 11.2. The number of aliphatic hydroxyl groups is 1. The van der Waals surface area contributed by atoms with Gasteiger partial charge in [-0.25, -0.2) is 0 Å². The van der Waals surface area contributed by atoms with E-state index in [1.54, 1.807) is 0 Å². The maximum Gasteiger partial charge on any atom is 0.130 e. The highest BCUT2D eigenvalue weighted by Gasteiger charge is 2.15. The van der Waals surface area contributed by atoms with Crippen LogP contribution in [0.2, 0.25) is 0 Å². The van der Waals surface area contributed by atoms with E-state index in [1.165, 1.54) is 31.7 Å². The zero-order valence-electron chi connectivity index (χ0n) is 8.57. The molecule has 1 N–H and O–H groups in total. The molecule has 2 heterocycles. The highest BCUT2D eigenvalue weighted by atomic mass is 79.9. The molecule has 1 aliphatic heterocycles.